The van der Waals surface area contributed by atoms with Crippen molar-refractivity contribution in [2.45, 2.75) is 31.7 Å². The summed E-state index contributed by atoms with van der Waals surface area (Å²) in [6, 6.07) is 8.61. The molecule has 1 aliphatic carbocycles. The highest BCUT2D eigenvalue weighted by Crippen LogP contribution is 2.31. The van der Waals surface area contributed by atoms with Gasteiger partial charge in [0.25, 0.3) is 5.91 Å². The molecular weight excluding hydrogens is 262 g/mol. The van der Waals surface area contributed by atoms with Crippen LogP contribution in [0.2, 0.25) is 0 Å². The number of carbonyl (C=O) groups is 1. The second kappa shape index (κ2) is 6.58. The van der Waals surface area contributed by atoms with Crippen LogP contribution in [0.4, 0.5) is 0 Å². The molecule has 4 heteroatoms. The Bertz CT molecular complexity index is 499. The molecule has 3 N–H and O–H groups in total. The van der Waals surface area contributed by atoms with Gasteiger partial charge in [0.05, 0.1) is 0 Å². The van der Waals surface area contributed by atoms with E-state index in [1.54, 1.807) is 0 Å². The largest absolute Gasteiger partial charge is 0.352 e. The van der Waals surface area contributed by atoms with E-state index in [2.05, 4.69) is 10.2 Å². The lowest BCUT2D eigenvalue weighted by molar-refractivity contribution is 0.0946. The van der Waals surface area contributed by atoms with Gasteiger partial charge in [0, 0.05) is 24.7 Å². The number of amides is 1. The normalized spacial score (nSPS) is 22.4. The number of nitrogens with one attached hydrogen (secondary N) is 1. The second-order valence-corrected chi connectivity index (χ2v) is 6.29. The molecule has 1 aromatic rings. The summed E-state index contributed by atoms with van der Waals surface area (Å²) in [6.45, 7) is 3.71. The molecule has 4 nitrogen and oxygen atoms in total. The van der Waals surface area contributed by atoms with Crippen molar-refractivity contribution in [3.05, 3.63) is 35.4 Å². The topological polar surface area (TPSA) is 58.4 Å². The molecular formula is C17H25N3O. The smallest absolute Gasteiger partial charge is 0.251 e. The molecule has 2 fully saturated rings. The fraction of sp³-hybridized carbons (Fsp3) is 0.588. The van der Waals surface area contributed by atoms with E-state index in [0.717, 1.165) is 36.7 Å². The van der Waals surface area contributed by atoms with E-state index in [-0.39, 0.29) is 5.91 Å². The Balaban J connectivity index is 1.52. The number of likely N-dealkylation sites (tertiary alicyclic amines) is 1. The van der Waals surface area contributed by atoms with Gasteiger partial charge in [0.2, 0.25) is 0 Å². The van der Waals surface area contributed by atoms with E-state index < -0.39 is 0 Å². The molecule has 114 valence electrons. The van der Waals surface area contributed by atoms with Gasteiger partial charge in [-0.2, -0.15) is 0 Å². The number of nitrogens with zero attached hydrogens (tertiary/aromatic N) is 1. The zero-order valence-corrected chi connectivity index (χ0v) is 12.6. The summed E-state index contributed by atoms with van der Waals surface area (Å²) in [5.74, 6) is 0.653. The fourth-order valence-electron chi connectivity index (χ4n) is 3.25. The van der Waals surface area contributed by atoms with Crippen LogP contribution >= 0.6 is 0 Å². The van der Waals surface area contributed by atoms with Gasteiger partial charge < -0.3 is 16.0 Å². The van der Waals surface area contributed by atoms with E-state index in [1.807, 2.05) is 24.3 Å². The number of rotatable bonds is 6. The molecule has 0 bridgehead atoms. The van der Waals surface area contributed by atoms with Crippen LogP contribution in [0.15, 0.2) is 24.3 Å². The van der Waals surface area contributed by atoms with Crippen molar-refractivity contribution in [1.82, 2.24) is 10.2 Å². The monoisotopic (exact) mass is 287 g/mol. The minimum absolute atomic E-state index is 0.0453. The predicted octanol–water partition coefficient (Wildman–Crippen LogP) is 1.40. The molecule has 0 radical (unpaired) electrons. The minimum Gasteiger partial charge on any atom is -0.352 e. The van der Waals surface area contributed by atoms with Crippen molar-refractivity contribution in [3.63, 3.8) is 0 Å². The molecule has 1 amide bonds. The third kappa shape index (κ3) is 3.63. The van der Waals surface area contributed by atoms with Crippen molar-refractivity contribution in [2.75, 3.05) is 26.2 Å². The van der Waals surface area contributed by atoms with Gasteiger partial charge in [0.1, 0.15) is 0 Å². The predicted molar refractivity (Wildman–Crippen MR) is 84.2 cm³/mol. The summed E-state index contributed by atoms with van der Waals surface area (Å²) in [5.41, 5.74) is 7.44. The summed E-state index contributed by atoms with van der Waals surface area (Å²) < 4.78 is 0. The number of carbonyl (C=O) groups excluding carboxylic acids is 1. The van der Waals surface area contributed by atoms with E-state index in [1.165, 1.54) is 25.8 Å². The Labute approximate surface area is 126 Å². The summed E-state index contributed by atoms with van der Waals surface area (Å²) in [5, 5.41) is 3.11. The van der Waals surface area contributed by atoms with Crippen molar-refractivity contribution >= 4 is 5.91 Å². The van der Waals surface area contributed by atoms with E-state index in [0.29, 0.717) is 12.5 Å². The van der Waals surface area contributed by atoms with E-state index >= 15 is 0 Å². The number of hydrogen-bond donors (Lipinski definition) is 2. The Morgan fingerprint density at radius 1 is 1.29 bits per heavy atom. The lowest BCUT2D eigenvalue weighted by Crippen LogP contribution is -2.32. The second-order valence-electron chi connectivity index (χ2n) is 6.29. The van der Waals surface area contributed by atoms with Gasteiger partial charge in [-0.15, -0.1) is 0 Å². The average Bonchev–Trinajstić information content (AvgIpc) is 3.25. The molecule has 1 saturated carbocycles. The molecule has 3 rings (SSSR count). The Hall–Kier alpha value is -1.39. The first-order chi connectivity index (χ1) is 10.3. The molecule has 1 unspecified atom stereocenters. The van der Waals surface area contributed by atoms with Crippen LogP contribution in [-0.4, -0.2) is 43.0 Å². The Morgan fingerprint density at radius 2 is 2.10 bits per heavy atom. The van der Waals surface area contributed by atoms with Gasteiger partial charge in [0.15, 0.2) is 0 Å². The molecule has 1 heterocycles. The van der Waals surface area contributed by atoms with Crippen LogP contribution in [0.25, 0.3) is 0 Å². The van der Waals surface area contributed by atoms with Crippen molar-refractivity contribution in [1.29, 1.82) is 0 Å². The molecule has 1 saturated heterocycles. The molecule has 1 aromatic carbocycles. The first-order valence-electron chi connectivity index (χ1n) is 8.08. The number of benzene rings is 1. The maximum atomic E-state index is 12.4. The molecule has 1 aliphatic heterocycles. The summed E-state index contributed by atoms with van der Waals surface area (Å²) in [6.07, 6.45) is 4.70. The lowest BCUT2D eigenvalue weighted by Gasteiger charge is -2.15. The molecule has 0 aromatic heterocycles. The Kier molecular flexibility index (Phi) is 4.56. The lowest BCUT2D eigenvalue weighted by atomic mass is 10.0. The van der Waals surface area contributed by atoms with Crippen LogP contribution < -0.4 is 11.1 Å². The van der Waals surface area contributed by atoms with Crippen LogP contribution in [0.3, 0.4) is 0 Å². The SMILES string of the molecule is NCCc1ccccc1C(=O)NCC1CCN(C2CC2)C1. The zero-order chi connectivity index (χ0) is 14.7. The third-order valence-corrected chi connectivity index (χ3v) is 4.61. The van der Waals surface area contributed by atoms with Gasteiger partial charge in [-0.25, -0.2) is 0 Å². The molecule has 1 atom stereocenters. The van der Waals surface area contributed by atoms with Gasteiger partial charge in [-0.1, -0.05) is 18.2 Å². The fourth-order valence-corrected chi connectivity index (χ4v) is 3.25. The van der Waals surface area contributed by atoms with Gasteiger partial charge in [-0.05, 0) is 56.3 Å². The van der Waals surface area contributed by atoms with Crippen LogP contribution in [0, 0.1) is 5.92 Å². The first kappa shape index (κ1) is 14.5. The zero-order valence-electron chi connectivity index (χ0n) is 12.6. The molecule has 0 spiro atoms. The molecule has 21 heavy (non-hydrogen) atoms. The van der Waals surface area contributed by atoms with Crippen molar-refractivity contribution in [3.8, 4) is 0 Å². The highest BCUT2D eigenvalue weighted by Gasteiger charge is 2.34. The quantitative estimate of drug-likeness (QED) is 0.831. The number of nitrogens with two attached hydrogens (primary N) is 1. The standard InChI is InChI=1S/C17H25N3O/c18-9-7-14-3-1-2-4-16(14)17(21)19-11-13-8-10-20(12-13)15-5-6-15/h1-4,13,15H,5-12,18H2,(H,19,21). The summed E-state index contributed by atoms with van der Waals surface area (Å²) in [7, 11) is 0. The Morgan fingerprint density at radius 3 is 2.86 bits per heavy atom. The highest BCUT2D eigenvalue weighted by atomic mass is 16.1. The maximum Gasteiger partial charge on any atom is 0.251 e. The third-order valence-electron chi connectivity index (χ3n) is 4.61. The molecule has 2 aliphatic rings. The van der Waals surface area contributed by atoms with Gasteiger partial charge >= 0.3 is 0 Å². The van der Waals surface area contributed by atoms with Crippen molar-refractivity contribution < 1.29 is 4.79 Å². The van der Waals surface area contributed by atoms with Gasteiger partial charge in [-0.3, -0.25) is 4.79 Å². The summed E-state index contributed by atoms with van der Waals surface area (Å²) >= 11 is 0. The van der Waals surface area contributed by atoms with Crippen LogP contribution in [0.1, 0.15) is 35.2 Å². The first-order valence-corrected chi connectivity index (χ1v) is 8.08. The van der Waals surface area contributed by atoms with Crippen LogP contribution in [-0.2, 0) is 6.42 Å². The van der Waals surface area contributed by atoms with E-state index in [9.17, 15) is 4.79 Å². The van der Waals surface area contributed by atoms with E-state index in [4.69, 9.17) is 5.73 Å². The number of hydrogen-bond acceptors (Lipinski definition) is 3. The maximum absolute atomic E-state index is 12.4. The minimum atomic E-state index is 0.0453. The van der Waals surface area contributed by atoms with Crippen molar-refractivity contribution in [2.24, 2.45) is 11.7 Å². The highest BCUT2D eigenvalue weighted by molar-refractivity contribution is 5.95. The van der Waals surface area contributed by atoms with Crippen LogP contribution in [0.5, 0.6) is 0 Å². The summed E-state index contributed by atoms with van der Waals surface area (Å²) in [4.78, 5) is 14.9. The average molecular weight is 287 g/mol.